The summed E-state index contributed by atoms with van der Waals surface area (Å²) in [7, 11) is 0. The van der Waals surface area contributed by atoms with Gasteiger partial charge in [-0.1, -0.05) is 25.1 Å². The lowest BCUT2D eigenvalue weighted by atomic mass is 10.1. The molecule has 5 heteroatoms. The van der Waals surface area contributed by atoms with Gasteiger partial charge < -0.3 is 5.11 Å². The Morgan fingerprint density at radius 1 is 1.33 bits per heavy atom. The van der Waals surface area contributed by atoms with Gasteiger partial charge >= 0.3 is 5.69 Å². The average molecular weight is 247 g/mol. The second-order valence-corrected chi connectivity index (χ2v) is 4.28. The van der Waals surface area contributed by atoms with Crippen molar-refractivity contribution in [3.63, 3.8) is 0 Å². The first-order valence-electron chi connectivity index (χ1n) is 6.04. The Morgan fingerprint density at radius 3 is 2.56 bits per heavy atom. The number of aliphatic hydroxyl groups is 1. The van der Waals surface area contributed by atoms with E-state index in [0.29, 0.717) is 6.42 Å². The summed E-state index contributed by atoms with van der Waals surface area (Å²) in [5, 5.41) is 13.8. The summed E-state index contributed by atoms with van der Waals surface area (Å²) in [6.07, 6.45) is 1.54. The Balaban J connectivity index is 2.44. The molecule has 2 atom stereocenters. The Bertz CT molecular complexity index is 557. The van der Waals surface area contributed by atoms with Gasteiger partial charge in [-0.2, -0.15) is 5.10 Å². The van der Waals surface area contributed by atoms with Crippen LogP contribution in [0.4, 0.5) is 0 Å². The van der Waals surface area contributed by atoms with Crippen molar-refractivity contribution in [1.82, 2.24) is 14.3 Å². The van der Waals surface area contributed by atoms with E-state index < -0.39 is 6.10 Å². The van der Waals surface area contributed by atoms with Gasteiger partial charge in [0.2, 0.25) is 0 Å². The molecule has 0 unspecified atom stereocenters. The lowest BCUT2D eigenvalue weighted by molar-refractivity contribution is 0.118. The number of benzene rings is 1. The summed E-state index contributed by atoms with van der Waals surface area (Å²) in [5.41, 5.74) is 0.545. The molecule has 2 rings (SSSR count). The van der Waals surface area contributed by atoms with Crippen molar-refractivity contribution in [2.75, 3.05) is 0 Å². The normalized spacial score (nSPS) is 14.4. The molecule has 0 bridgehead atoms. The minimum Gasteiger partial charge on any atom is -0.391 e. The van der Waals surface area contributed by atoms with Crippen molar-refractivity contribution in [2.45, 2.75) is 32.4 Å². The molecule has 2 aromatic rings. The van der Waals surface area contributed by atoms with Crippen molar-refractivity contribution >= 4 is 0 Å². The van der Waals surface area contributed by atoms with Gasteiger partial charge in [-0.05, 0) is 25.5 Å². The number of aromatic nitrogens is 3. The third-order valence-electron chi connectivity index (χ3n) is 3.02. The molecule has 1 heterocycles. The molecule has 1 aromatic carbocycles. The quantitative estimate of drug-likeness (QED) is 0.887. The highest BCUT2D eigenvalue weighted by atomic mass is 16.3. The smallest absolute Gasteiger partial charge is 0.350 e. The molecule has 0 aliphatic carbocycles. The minimum absolute atomic E-state index is 0.228. The van der Waals surface area contributed by atoms with E-state index in [-0.39, 0.29) is 11.7 Å². The summed E-state index contributed by atoms with van der Waals surface area (Å²) >= 11 is 0. The lowest BCUT2D eigenvalue weighted by Gasteiger charge is -2.16. The number of nitrogens with zero attached hydrogens (tertiary/aromatic N) is 3. The number of hydrogen-bond donors (Lipinski definition) is 1. The monoisotopic (exact) mass is 247 g/mol. The van der Waals surface area contributed by atoms with Crippen LogP contribution in [0.5, 0.6) is 0 Å². The highest BCUT2D eigenvalue weighted by molar-refractivity contribution is 5.30. The first kappa shape index (κ1) is 12.6. The Hall–Kier alpha value is -1.88. The van der Waals surface area contributed by atoms with E-state index in [2.05, 4.69) is 5.10 Å². The highest BCUT2D eigenvalue weighted by Gasteiger charge is 2.19. The molecule has 96 valence electrons. The fourth-order valence-electron chi connectivity index (χ4n) is 2.03. The molecule has 0 aliphatic rings. The number of rotatable bonds is 4. The molecule has 1 aromatic heterocycles. The van der Waals surface area contributed by atoms with Gasteiger partial charge in [0.25, 0.3) is 0 Å². The van der Waals surface area contributed by atoms with Crippen LogP contribution in [0, 0.1) is 0 Å². The van der Waals surface area contributed by atoms with E-state index in [1.54, 1.807) is 6.92 Å². The van der Waals surface area contributed by atoms with Crippen LogP contribution < -0.4 is 5.69 Å². The van der Waals surface area contributed by atoms with E-state index in [1.165, 1.54) is 15.6 Å². The summed E-state index contributed by atoms with van der Waals surface area (Å²) in [4.78, 5) is 12.2. The molecule has 0 saturated carbocycles. The van der Waals surface area contributed by atoms with E-state index in [9.17, 15) is 9.90 Å². The molecule has 5 nitrogen and oxygen atoms in total. The standard InChI is InChI=1S/C13H17N3O2/c1-3-12(10(2)17)16-13(18)15(9-14-16)11-7-5-4-6-8-11/h4-10,12,17H,3H2,1-2H3/t10-,12-/m0/s1. The van der Waals surface area contributed by atoms with E-state index in [4.69, 9.17) is 0 Å². The molecule has 0 saturated heterocycles. The molecule has 0 aliphatic heterocycles. The third kappa shape index (κ3) is 2.22. The van der Waals surface area contributed by atoms with Gasteiger partial charge in [-0.25, -0.2) is 14.0 Å². The fourth-order valence-corrected chi connectivity index (χ4v) is 2.03. The zero-order chi connectivity index (χ0) is 13.1. The molecular formula is C13H17N3O2. The van der Waals surface area contributed by atoms with Crippen LogP contribution >= 0.6 is 0 Å². The highest BCUT2D eigenvalue weighted by Crippen LogP contribution is 2.13. The zero-order valence-corrected chi connectivity index (χ0v) is 10.5. The first-order chi connectivity index (χ1) is 8.65. The van der Waals surface area contributed by atoms with Crippen LogP contribution in [0.15, 0.2) is 41.5 Å². The predicted molar refractivity (Wildman–Crippen MR) is 68.8 cm³/mol. The maximum Gasteiger partial charge on any atom is 0.350 e. The van der Waals surface area contributed by atoms with Crippen LogP contribution in [-0.4, -0.2) is 25.6 Å². The summed E-state index contributed by atoms with van der Waals surface area (Å²) in [6, 6.07) is 9.02. The zero-order valence-electron chi connectivity index (χ0n) is 10.5. The average Bonchev–Trinajstić information content (AvgIpc) is 2.73. The predicted octanol–water partition coefficient (Wildman–Crippen LogP) is 1.37. The van der Waals surface area contributed by atoms with E-state index >= 15 is 0 Å². The Kier molecular flexibility index (Phi) is 3.62. The van der Waals surface area contributed by atoms with Crippen LogP contribution in [0.2, 0.25) is 0 Å². The number of para-hydroxylation sites is 1. The van der Waals surface area contributed by atoms with Crippen molar-refractivity contribution in [3.05, 3.63) is 47.1 Å². The summed E-state index contributed by atoms with van der Waals surface area (Å²) < 4.78 is 2.82. The lowest BCUT2D eigenvalue weighted by Crippen LogP contribution is -2.32. The van der Waals surface area contributed by atoms with Gasteiger partial charge in [0.1, 0.15) is 6.33 Å². The van der Waals surface area contributed by atoms with Gasteiger partial charge in [0.15, 0.2) is 0 Å². The molecule has 0 radical (unpaired) electrons. The van der Waals surface area contributed by atoms with Crippen LogP contribution in [-0.2, 0) is 0 Å². The second kappa shape index (κ2) is 5.18. The maximum atomic E-state index is 12.2. The third-order valence-corrected chi connectivity index (χ3v) is 3.02. The van der Waals surface area contributed by atoms with Crippen molar-refractivity contribution in [1.29, 1.82) is 0 Å². The van der Waals surface area contributed by atoms with Crippen molar-refractivity contribution in [2.24, 2.45) is 0 Å². The molecule has 1 N–H and O–H groups in total. The molecule has 0 spiro atoms. The Labute approximate surface area is 105 Å². The second-order valence-electron chi connectivity index (χ2n) is 4.28. The summed E-state index contributed by atoms with van der Waals surface area (Å²) in [5.74, 6) is 0. The van der Waals surface area contributed by atoms with Crippen LogP contribution in [0.25, 0.3) is 5.69 Å². The van der Waals surface area contributed by atoms with Crippen LogP contribution in [0.1, 0.15) is 26.3 Å². The molecular weight excluding hydrogens is 230 g/mol. The molecule has 18 heavy (non-hydrogen) atoms. The van der Waals surface area contributed by atoms with Gasteiger partial charge in [-0.15, -0.1) is 0 Å². The number of aliphatic hydroxyl groups excluding tert-OH is 1. The fraction of sp³-hybridized carbons (Fsp3) is 0.385. The SMILES string of the molecule is CC[C@@H]([C@H](C)O)n1ncn(-c2ccccc2)c1=O. The van der Waals surface area contributed by atoms with Gasteiger partial charge in [0, 0.05) is 0 Å². The Morgan fingerprint density at radius 2 is 2.00 bits per heavy atom. The van der Waals surface area contributed by atoms with E-state index in [0.717, 1.165) is 5.69 Å². The van der Waals surface area contributed by atoms with Gasteiger partial charge in [0.05, 0.1) is 17.8 Å². The van der Waals surface area contributed by atoms with Gasteiger partial charge in [-0.3, -0.25) is 0 Å². The molecule has 0 fully saturated rings. The summed E-state index contributed by atoms with van der Waals surface area (Å²) in [6.45, 7) is 3.59. The maximum absolute atomic E-state index is 12.2. The van der Waals surface area contributed by atoms with Crippen LogP contribution in [0.3, 0.4) is 0 Å². The molecule has 0 amide bonds. The largest absolute Gasteiger partial charge is 0.391 e. The first-order valence-corrected chi connectivity index (χ1v) is 6.04. The van der Waals surface area contributed by atoms with Crippen molar-refractivity contribution < 1.29 is 5.11 Å². The van der Waals surface area contributed by atoms with Crippen molar-refractivity contribution in [3.8, 4) is 5.69 Å². The van der Waals surface area contributed by atoms with E-state index in [1.807, 2.05) is 37.3 Å². The minimum atomic E-state index is -0.605. The topological polar surface area (TPSA) is 60.0 Å². The number of hydrogen-bond acceptors (Lipinski definition) is 3.